The molecule has 0 fully saturated rings. The summed E-state index contributed by atoms with van der Waals surface area (Å²) in [5.41, 5.74) is 1.44. The van der Waals surface area contributed by atoms with Crippen LogP contribution in [0.15, 0.2) is 30.3 Å². The smallest absolute Gasteiger partial charge is 0.550 e. The number of carbonyl (C=O) groups excluding carboxylic acids is 1. The molecule has 0 heterocycles. The molecule has 0 aliphatic heterocycles. The van der Waals surface area contributed by atoms with E-state index in [1.807, 2.05) is 6.92 Å². The summed E-state index contributed by atoms with van der Waals surface area (Å²) in [6.45, 7) is 1.92. The largest absolute Gasteiger partial charge is 1.00 e. The van der Waals surface area contributed by atoms with Crippen molar-refractivity contribution >= 4 is 5.97 Å². The zero-order chi connectivity index (χ0) is 15.3. The van der Waals surface area contributed by atoms with Gasteiger partial charge in [-0.15, -0.1) is 0 Å². The van der Waals surface area contributed by atoms with E-state index < -0.39 is 5.97 Å². The van der Waals surface area contributed by atoms with Crippen molar-refractivity contribution in [1.29, 1.82) is 0 Å². The normalized spacial score (nSPS) is 11.7. The summed E-state index contributed by atoms with van der Waals surface area (Å²) >= 11 is 0. The average molecular weight is 312 g/mol. The SMILES string of the molecule is CCC(CCCCCCCCCc1ccccc1)C(=O)[O-].[Na+]. The Kier molecular flexibility index (Phi) is 14.1. The van der Waals surface area contributed by atoms with E-state index in [9.17, 15) is 9.90 Å². The molecule has 22 heavy (non-hydrogen) atoms. The molecule has 0 saturated heterocycles. The molecule has 3 heteroatoms. The molecule has 1 rings (SSSR count). The number of carboxylic acids is 1. The van der Waals surface area contributed by atoms with E-state index in [-0.39, 0.29) is 35.5 Å². The molecular weight excluding hydrogens is 283 g/mol. The second kappa shape index (κ2) is 14.3. The van der Waals surface area contributed by atoms with Gasteiger partial charge in [-0.25, -0.2) is 0 Å². The van der Waals surface area contributed by atoms with E-state index >= 15 is 0 Å². The third kappa shape index (κ3) is 10.4. The van der Waals surface area contributed by atoms with Crippen LogP contribution in [0.25, 0.3) is 0 Å². The van der Waals surface area contributed by atoms with Crippen LogP contribution in [-0.2, 0) is 11.2 Å². The summed E-state index contributed by atoms with van der Waals surface area (Å²) < 4.78 is 0. The predicted molar refractivity (Wildman–Crippen MR) is 85.9 cm³/mol. The number of carbonyl (C=O) groups is 1. The molecule has 0 saturated carbocycles. The standard InChI is InChI=1S/C19H30O2.Na/c1-2-18(19(20)21)16-12-7-5-3-4-6-9-13-17-14-10-8-11-15-17;/h8,10-11,14-15,18H,2-7,9,12-13,16H2,1H3,(H,20,21);/q;+1/p-1. The Hall–Kier alpha value is -0.310. The number of aliphatic carboxylic acids is 1. The van der Waals surface area contributed by atoms with Gasteiger partial charge in [-0.3, -0.25) is 0 Å². The Balaban J connectivity index is 0.00000441. The molecule has 0 aromatic heterocycles. The second-order valence-electron chi connectivity index (χ2n) is 5.92. The molecule has 0 spiro atoms. The van der Waals surface area contributed by atoms with Gasteiger partial charge in [-0.1, -0.05) is 75.8 Å². The van der Waals surface area contributed by atoms with Crippen LogP contribution in [0.4, 0.5) is 0 Å². The maximum Gasteiger partial charge on any atom is 1.00 e. The Bertz CT molecular complexity index is 378. The Morgan fingerprint density at radius 3 is 2.05 bits per heavy atom. The topological polar surface area (TPSA) is 40.1 Å². The minimum Gasteiger partial charge on any atom is -0.550 e. The van der Waals surface area contributed by atoms with Crippen LogP contribution in [-0.4, -0.2) is 5.97 Å². The summed E-state index contributed by atoms with van der Waals surface area (Å²) in [6, 6.07) is 10.7. The molecule has 0 bridgehead atoms. The molecule has 118 valence electrons. The van der Waals surface area contributed by atoms with Crippen molar-refractivity contribution in [3.8, 4) is 0 Å². The first-order valence-electron chi connectivity index (χ1n) is 8.48. The number of carboxylic acid groups (broad SMARTS) is 1. The molecule has 1 aromatic carbocycles. The molecule has 0 aliphatic rings. The molecule has 0 N–H and O–H groups in total. The van der Waals surface area contributed by atoms with Crippen molar-refractivity contribution in [1.82, 2.24) is 0 Å². The van der Waals surface area contributed by atoms with Crippen LogP contribution in [0, 0.1) is 5.92 Å². The molecule has 1 unspecified atom stereocenters. The van der Waals surface area contributed by atoms with E-state index in [0.717, 1.165) is 19.3 Å². The van der Waals surface area contributed by atoms with Crippen molar-refractivity contribution < 1.29 is 39.5 Å². The number of benzene rings is 1. The maximum atomic E-state index is 10.8. The number of hydrogen-bond acceptors (Lipinski definition) is 2. The fourth-order valence-corrected chi connectivity index (χ4v) is 2.74. The van der Waals surface area contributed by atoms with Crippen molar-refractivity contribution in [3.63, 3.8) is 0 Å². The zero-order valence-electron chi connectivity index (χ0n) is 14.4. The third-order valence-electron chi connectivity index (χ3n) is 4.19. The third-order valence-corrected chi connectivity index (χ3v) is 4.19. The van der Waals surface area contributed by atoms with Crippen LogP contribution in [0.3, 0.4) is 0 Å². The molecular formula is C19H29NaO2. The summed E-state index contributed by atoms with van der Waals surface area (Å²) in [4.78, 5) is 10.8. The van der Waals surface area contributed by atoms with Gasteiger partial charge in [-0.2, -0.15) is 0 Å². The van der Waals surface area contributed by atoms with E-state index in [0.29, 0.717) is 6.42 Å². The number of hydrogen-bond donors (Lipinski definition) is 0. The van der Waals surface area contributed by atoms with Gasteiger partial charge in [-0.05, 0) is 37.2 Å². The maximum absolute atomic E-state index is 10.8. The van der Waals surface area contributed by atoms with Gasteiger partial charge in [0.2, 0.25) is 0 Å². The van der Waals surface area contributed by atoms with Crippen LogP contribution in [0.1, 0.15) is 70.3 Å². The van der Waals surface area contributed by atoms with E-state index in [1.165, 1.54) is 44.1 Å². The van der Waals surface area contributed by atoms with Crippen LogP contribution in [0.2, 0.25) is 0 Å². The van der Waals surface area contributed by atoms with Crippen molar-refractivity contribution in [3.05, 3.63) is 35.9 Å². The molecule has 0 aliphatic carbocycles. The molecule has 1 aromatic rings. The summed E-state index contributed by atoms with van der Waals surface area (Å²) in [7, 11) is 0. The first kappa shape index (κ1) is 21.7. The number of aryl methyl sites for hydroxylation is 1. The van der Waals surface area contributed by atoms with Gasteiger partial charge in [0.1, 0.15) is 0 Å². The van der Waals surface area contributed by atoms with Gasteiger partial charge in [0.25, 0.3) is 0 Å². The first-order chi connectivity index (χ1) is 10.2. The van der Waals surface area contributed by atoms with Gasteiger partial charge in [0.05, 0.1) is 0 Å². The summed E-state index contributed by atoms with van der Waals surface area (Å²) in [6.07, 6.45) is 11.2. The van der Waals surface area contributed by atoms with E-state index in [4.69, 9.17) is 0 Å². The monoisotopic (exact) mass is 312 g/mol. The van der Waals surface area contributed by atoms with Crippen LogP contribution >= 0.6 is 0 Å². The molecule has 1 atom stereocenters. The predicted octanol–water partition coefficient (Wildman–Crippen LogP) is 1.13. The van der Waals surface area contributed by atoms with Crippen molar-refractivity contribution in [2.45, 2.75) is 71.1 Å². The quantitative estimate of drug-likeness (QED) is 0.429. The van der Waals surface area contributed by atoms with E-state index in [2.05, 4.69) is 30.3 Å². The van der Waals surface area contributed by atoms with Crippen LogP contribution in [0.5, 0.6) is 0 Å². The van der Waals surface area contributed by atoms with Gasteiger partial charge in [0, 0.05) is 5.97 Å². The Labute approximate surface area is 158 Å². The Morgan fingerprint density at radius 2 is 1.50 bits per heavy atom. The van der Waals surface area contributed by atoms with Crippen LogP contribution < -0.4 is 34.7 Å². The summed E-state index contributed by atoms with van der Waals surface area (Å²) in [5, 5.41) is 10.8. The zero-order valence-corrected chi connectivity index (χ0v) is 16.4. The van der Waals surface area contributed by atoms with Crippen molar-refractivity contribution in [2.24, 2.45) is 5.92 Å². The Morgan fingerprint density at radius 1 is 0.955 bits per heavy atom. The minimum absolute atomic E-state index is 0. The number of unbranched alkanes of at least 4 members (excludes halogenated alkanes) is 6. The molecule has 2 nitrogen and oxygen atoms in total. The first-order valence-corrected chi connectivity index (χ1v) is 8.48. The number of rotatable bonds is 12. The van der Waals surface area contributed by atoms with Gasteiger partial charge >= 0.3 is 29.6 Å². The fraction of sp³-hybridized carbons (Fsp3) is 0.632. The summed E-state index contributed by atoms with van der Waals surface area (Å²) in [5.74, 6) is -1.12. The molecule has 0 radical (unpaired) electrons. The van der Waals surface area contributed by atoms with Gasteiger partial charge in [0.15, 0.2) is 0 Å². The second-order valence-corrected chi connectivity index (χ2v) is 5.92. The average Bonchev–Trinajstić information content (AvgIpc) is 2.50. The fourth-order valence-electron chi connectivity index (χ4n) is 2.74. The van der Waals surface area contributed by atoms with Gasteiger partial charge < -0.3 is 9.90 Å². The van der Waals surface area contributed by atoms with E-state index in [1.54, 1.807) is 0 Å². The minimum atomic E-state index is -0.876. The van der Waals surface area contributed by atoms with Crippen molar-refractivity contribution in [2.75, 3.05) is 0 Å². The molecule has 0 amide bonds.